The zero-order chi connectivity index (χ0) is 20.7. The first kappa shape index (κ1) is 19.2. The number of nitrogens with one attached hydrogen (secondary N) is 1. The summed E-state index contributed by atoms with van der Waals surface area (Å²) in [6, 6.07) is 10.1. The van der Waals surface area contributed by atoms with E-state index in [0.717, 1.165) is 48.8 Å². The maximum Gasteiger partial charge on any atom is 0.138 e. The average Bonchev–Trinajstić information content (AvgIpc) is 3.19. The van der Waals surface area contributed by atoms with E-state index in [2.05, 4.69) is 49.9 Å². The average molecular weight is 405 g/mol. The number of pyridine rings is 2. The van der Waals surface area contributed by atoms with Crippen LogP contribution < -0.4 is 10.2 Å². The third-order valence-electron chi connectivity index (χ3n) is 6.32. The van der Waals surface area contributed by atoms with E-state index < -0.39 is 0 Å². The maximum absolute atomic E-state index is 12.6. The van der Waals surface area contributed by atoms with Gasteiger partial charge in [-0.2, -0.15) is 0 Å². The molecule has 30 heavy (non-hydrogen) atoms. The van der Waals surface area contributed by atoms with E-state index in [0.29, 0.717) is 12.8 Å². The van der Waals surface area contributed by atoms with Gasteiger partial charge in [0.15, 0.2) is 0 Å². The van der Waals surface area contributed by atoms with Gasteiger partial charge in [0.05, 0.1) is 23.5 Å². The van der Waals surface area contributed by atoms with Gasteiger partial charge in [0.25, 0.3) is 0 Å². The van der Waals surface area contributed by atoms with Crippen LogP contribution in [-0.4, -0.2) is 58.3 Å². The minimum atomic E-state index is -0.0992. The summed E-state index contributed by atoms with van der Waals surface area (Å²) in [7, 11) is 2.17. The number of anilines is 1. The molecule has 7 heteroatoms. The molecule has 2 fully saturated rings. The summed E-state index contributed by atoms with van der Waals surface area (Å²) in [5.41, 5.74) is 3.91. The fourth-order valence-corrected chi connectivity index (χ4v) is 4.60. The smallest absolute Gasteiger partial charge is 0.138 e. The van der Waals surface area contributed by atoms with Crippen LogP contribution in [-0.2, 0) is 4.79 Å². The first-order chi connectivity index (χ1) is 14.6. The van der Waals surface area contributed by atoms with Crippen molar-refractivity contribution < 1.29 is 4.79 Å². The molecule has 7 nitrogen and oxygen atoms in total. The summed E-state index contributed by atoms with van der Waals surface area (Å²) in [6.07, 6.45) is 4.84. The molecule has 156 valence electrons. The zero-order valence-electron chi connectivity index (χ0n) is 17.6. The summed E-state index contributed by atoms with van der Waals surface area (Å²) in [6.45, 7) is 6.17. The first-order valence-corrected chi connectivity index (χ1v) is 10.7. The number of likely N-dealkylation sites (N-methyl/N-ethyl adjacent to an activating group) is 1. The van der Waals surface area contributed by atoms with Crippen LogP contribution in [0.25, 0.3) is 5.65 Å². The molecule has 2 saturated heterocycles. The van der Waals surface area contributed by atoms with Crippen LogP contribution >= 0.6 is 0 Å². The Kier molecular flexibility index (Phi) is 5.00. The van der Waals surface area contributed by atoms with Crippen LogP contribution in [0.15, 0.2) is 42.7 Å². The van der Waals surface area contributed by atoms with Crippen LogP contribution in [0.1, 0.15) is 41.9 Å². The SMILES string of the molecule is Cc1cccnc1[C@@H]1CC(=O)C[C@H](c2cn3c(N4CCN(C)CC4)cccc3n2)N1. The number of carbonyl (C=O) groups excluding carboxylic acids is 1. The minimum Gasteiger partial charge on any atom is -0.355 e. The van der Waals surface area contributed by atoms with Crippen LogP contribution in [0.3, 0.4) is 0 Å². The summed E-state index contributed by atoms with van der Waals surface area (Å²) in [4.78, 5) is 26.8. The maximum atomic E-state index is 12.6. The van der Waals surface area contributed by atoms with Gasteiger partial charge in [-0.3, -0.25) is 19.5 Å². The molecule has 0 unspecified atom stereocenters. The van der Waals surface area contributed by atoms with Gasteiger partial charge in [-0.25, -0.2) is 4.98 Å². The molecule has 0 spiro atoms. The van der Waals surface area contributed by atoms with Crippen LogP contribution in [0.2, 0.25) is 0 Å². The van der Waals surface area contributed by atoms with Gasteiger partial charge in [-0.1, -0.05) is 12.1 Å². The molecule has 0 aliphatic carbocycles. The van der Waals surface area contributed by atoms with Gasteiger partial charge >= 0.3 is 0 Å². The van der Waals surface area contributed by atoms with Crippen molar-refractivity contribution in [1.82, 2.24) is 24.6 Å². The Hall–Kier alpha value is -2.77. The number of imidazole rings is 1. The third kappa shape index (κ3) is 3.59. The largest absolute Gasteiger partial charge is 0.355 e. The fraction of sp³-hybridized carbons (Fsp3) is 0.435. The van der Waals surface area contributed by atoms with Crippen molar-refractivity contribution in [3.8, 4) is 0 Å². The second kappa shape index (κ2) is 7.81. The lowest BCUT2D eigenvalue weighted by molar-refractivity contribution is -0.121. The van der Waals surface area contributed by atoms with Gasteiger partial charge in [-0.05, 0) is 37.7 Å². The molecule has 5 heterocycles. The van der Waals surface area contributed by atoms with E-state index in [-0.39, 0.29) is 17.9 Å². The lowest BCUT2D eigenvalue weighted by Crippen LogP contribution is -2.45. The van der Waals surface area contributed by atoms with E-state index in [1.807, 2.05) is 25.1 Å². The molecule has 1 N–H and O–H groups in total. The highest BCUT2D eigenvalue weighted by molar-refractivity contribution is 5.81. The number of nitrogens with zero attached hydrogens (tertiary/aromatic N) is 5. The molecule has 0 amide bonds. The Balaban J connectivity index is 1.45. The number of fused-ring (bicyclic) bond motifs is 1. The van der Waals surface area contributed by atoms with Crippen molar-refractivity contribution in [3.05, 3.63) is 59.7 Å². The highest BCUT2D eigenvalue weighted by atomic mass is 16.1. The number of piperidine rings is 1. The number of Topliss-reactive ketones (excluding diaryl/α,β-unsaturated/α-hetero) is 1. The van der Waals surface area contributed by atoms with Crippen molar-refractivity contribution in [3.63, 3.8) is 0 Å². The number of rotatable bonds is 3. The lowest BCUT2D eigenvalue weighted by Gasteiger charge is -2.34. The van der Waals surface area contributed by atoms with Crippen molar-refractivity contribution in [2.75, 3.05) is 38.1 Å². The molecule has 2 aliphatic rings. The second-order valence-electron chi connectivity index (χ2n) is 8.49. The van der Waals surface area contributed by atoms with Crippen LogP contribution in [0, 0.1) is 6.92 Å². The molecule has 2 aliphatic heterocycles. The molecule has 3 aromatic rings. The first-order valence-electron chi connectivity index (χ1n) is 10.7. The number of piperazine rings is 1. The molecule has 5 rings (SSSR count). The topological polar surface area (TPSA) is 65.8 Å². The Morgan fingerprint density at radius 2 is 1.83 bits per heavy atom. The Morgan fingerprint density at radius 1 is 1.03 bits per heavy atom. The monoisotopic (exact) mass is 404 g/mol. The van der Waals surface area contributed by atoms with E-state index in [1.54, 1.807) is 6.20 Å². The third-order valence-corrected chi connectivity index (χ3v) is 6.32. The van der Waals surface area contributed by atoms with E-state index in [4.69, 9.17) is 4.98 Å². The summed E-state index contributed by atoms with van der Waals surface area (Å²) in [5, 5.41) is 3.64. The molecule has 0 aromatic carbocycles. The number of aryl methyl sites for hydroxylation is 1. The molecule has 0 radical (unpaired) electrons. The number of carbonyl (C=O) groups is 1. The standard InChI is InChI=1S/C23H28N6O/c1-16-5-4-8-24-23(16)19-14-17(30)13-18(25-19)20-15-29-21(26-20)6-3-7-22(29)28-11-9-27(2)10-12-28/h3-8,15,18-19,25H,9-14H2,1-2H3/t18-,19+/m1/s1. The van der Waals surface area contributed by atoms with E-state index in [1.165, 1.54) is 5.82 Å². The van der Waals surface area contributed by atoms with Crippen LogP contribution in [0.5, 0.6) is 0 Å². The van der Waals surface area contributed by atoms with Gasteiger partial charge in [0, 0.05) is 51.4 Å². The number of aromatic nitrogens is 3. The van der Waals surface area contributed by atoms with Gasteiger partial charge in [0.2, 0.25) is 0 Å². The molecule has 0 saturated carbocycles. The van der Waals surface area contributed by atoms with E-state index >= 15 is 0 Å². The lowest BCUT2D eigenvalue weighted by atomic mass is 9.92. The summed E-state index contributed by atoms with van der Waals surface area (Å²) in [5.74, 6) is 1.42. The van der Waals surface area contributed by atoms with E-state index in [9.17, 15) is 4.79 Å². The summed E-state index contributed by atoms with van der Waals surface area (Å²) < 4.78 is 2.17. The predicted octanol–water partition coefficient (Wildman–Crippen LogP) is 2.52. The molecule has 0 bridgehead atoms. The number of ketones is 1. The Morgan fingerprint density at radius 3 is 2.63 bits per heavy atom. The quantitative estimate of drug-likeness (QED) is 0.724. The minimum absolute atomic E-state index is 0.0700. The van der Waals surface area contributed by atoms with Crippen molar-refractivity contribution in [2.45, 2.75) is 31.8 Å². The molecule has 3 aromatic heterocycles. The fourth-order valence-electron chi connectivity index (χ4n) is 4.60. The summed E-state index contributed by atoms with van der Waals surface area (Å²) >= 11 is 0. The van der Waals surface area contributed by atoms with Crippen LogP contribution in [0.4, 0.5) is 5.82 Å². The highest BCUT2D eigenvalue weighted by Gasteiger charge is 2.31. The second-order valence-corrected chi connectivity index (χ2v) is 8.49. The number of hydrogen-bond acceptors (Lipinski definition) is 6. The zero-order valence-corrected chi connectivity index (χ0v) is 17.6. The Labute approximate surface area is 176 Å². The van der Waals surface area contributed by atoms with Crippen molar-refractivity contribution in [2.24, 2.45) is 0 Å². The van der Waals surface area contributed by atoms with Gasteiger partial charge < -0.3 is 9.80 Å². The predicted molar refractivity (Wildman–Crippen MR) is 117 cm³/mol. The molecular formula is C23H28N6O. The highest BCUT2D eigenvalue weighted by Crippen LogP contribution is 2.32. The Bertz CT molecular complexity index is 1070. The van der Waals surface area contributed by atoms with Gasteiger partial charge in [-0.15, -0.1) is 0 Å². The normalized spacial score (nSPS) is 23.3. The van der Waals surface area contributed by atoms with Gasteiger partial charge in [0.1, 0.15) is 17.2 Å². The molecular weight excluding hydrogens is 376 g/mol. The molecule has 2 atom stereocenters. The van der Waals surface area contributed by atoms with Crippen molar-refractivity contribution >= 4 is 17.2 Å². The van der Waals surface area contributed by atoms with Crippen molar-refractivity contribution in [1.29, 1.82) is 0 Å². The number of hydrogen-bond donors (Lipinski definition) is 1.